The van der Waals surface area contributed by atoms with E-state index in [1.54, 1.807) is 54.3 Å². The first-order valence-electron chi connectivity index (χ1n) is 16.6. The van der Waals surface area contributed by atoms with Gasteiger partial charge >= 0.3 is 6.18 Å². The highest BCUT2D eigenvalue weighted by Crippen LogP contribution is 2.52. The lowest BCUT2D eigenvalue weighted by molar-refractivity contribution is -0.137. The summed E-state index contributed by atoms with van der Waals surface area (Å²) in [6.07, 6.45) is 1.49. The van der Waals surface area contributed by atoms with Crippen LogP contribution >= 0.6 is 0 Å². The number of nitrogens with zero attached hydrogens (tertiary/aromatic N) is 6. The Morgan fingerprint density at radius 1 is 1.06 bits per heavy atom. The molecule has 53 heavy (non-hydrogen) atoms. The Kier molecular flexibility index (Phi) is 9.22. The maximum Gasteiger partial charge on any atom is 0.416 e. The Bertz CT molecular complexity index is 2340. The number of rotatable bonds is 10. The van der Waals surface area contributed by atoms with E-state index in [1.165, 1.54) is 47.6 Å². The second-order valence-corrected chi connectivity index (χ2v) is 14.9. The molecule has 0 unspecified atom stereocenters. The normalized spacial score (nSPS) is 18.6. The van der Waals surface area contributed by atoms with Gasteiger partial charge in [-0.1, -0.05) is 11.6 Å². The number of allylic oxidation sites excluding steroid dienone is 1. The van der Waals surface area contributed by atoms with Gasteiger partial charge in [-0.15, -0.1) is 0 Å². The van der Waals surface area contributed by atoms with Crippen molar-refractivity contribution in [3.05, 3.63) is 119 Å². The molecule has 1 saturated carbocycles. The highest BCUT2D eigenvalue weighted by molar-refractivity contribution is 7.89. The number of sulfonamides is 1. The first kappa shape index (κ1) is 36.0. The third kappa shape index (κ3) is 6.61. The fourth-order valence-electron chi connectivity index (χ4n) is 7.31. The Balaban J connectivity index is 1.36. The lowest BCUT2D eigenvalue weighted by Gasteiger charge is -2.46. The van der Waals surface area contributed by atoms with Crippen LogP contribution in [0.4, 0.5) is 17.6 Å². The van der Waals surface area contributed by atoms with E-state index in [-0.39, 0.29) is 37.3 Å². The zero-order valence-electron chi connectivity index (χ0n) is 28.8. The fourth-order valence-corrected chi connectivity index (χ4v) is 8.89. The third-order valence-corrected chi connectivity index (χ3v) is 11.7. The van der Waals surface area contributed by atoms with Gasteiger partial charge in [-0.3, -0.25) is 14.5 Å². The minimum atomic E-state index is -4.73. The molecule has 0 aliphatic heterocycles. The molecule has 2 atom stereocenters. The summed E-state index contributed by atoms with van der Waals surface area (Å²) in [5.41, 5.74) is 0.00525. The minimum Gasteiger partial charge on any atom is -0.497 e. The number of hydrogen-bond acceptors (Lipinski definition) is 8. The van der Waals surface area contributed by atoms with Crippen LogP contribution in [0, 0.1) is 11.2 Å². The van der Waals surface area contributed by atoms with Gasteiger partial charge in [0.2, 0.25) is 0 Å². The molecule has 0 saturated heterocycles. The zero-order chi connectivity index (χ0) is 37.7. The van der Waals surface area contributed by atoms with E-state index in [9.17, 15) is 30.8 Å². The number of hydrogen-bond donors (Lipinski definition) is 0. The molecular formula is C37H34F4N6O5S. The number of ketones is 1. The number of pyridine rings is 1. The van der Waals surface area contributed by atoms with Crippen molar-refractivity contribution < 1.29 is 40.2 Å². The van der Waals surface area contributed by atoms with Gasteiger partial charge in [-0.05, 0) is 85.9 Å². The maximum atomic E-state index is 14.8. The first-order chi connectivity index (χ1) is 25.2. The van der Waals surface area contributed by atoms with Crippen molar-refractivity contribution in [1.82, 2.24) is 28.9 Å². The summed E-state index contributed by atoms with van der Waals surface area (Å²) < 4.78 is 99.7. The number of ether oxygens (including phenoxy) is 2. The van der Waals surface area contributed by atoms with Gasteiger partial charge in [0, 0.05) is 43.7 Å². The molecule has 11 nitrogen and oxygen atoms in total. The molecule has 7 rings (SSSR count). The number of Topliss-reactive ketones (excluding diaryl/α,β-unsaturated/α-hetero) is 1. The molecule has 0 N–H and O–H groups in total. The molecular weight excluding hydrogens is 717 g/mol. The summed E-state index contributed by atoms with van der Waals surface area (Å²) in [5.74, 6) is -0.231. The molecule has 3 heterocycles. The van der Waals surface area contributed by atoms with Crippen LogP contribution in [-0.2, 0) is 36.2 Å². The average Bonchev–Trinajstić information content (AvgIpc) is 3.78. The summed E-state index contributed by atoms with van der Waals surface area (Å²) in [5, 5.41) is 8.51. The number of benzene rings is 2. The summed E-state index contributed by atoms with van der Waals surface area (Å²) >= 11 is 0. The molecule has 2 aliphatic carbocycles. The van der Waals surface area contributed by atoms with Crippen LogP contribution in [0.15, 0.2) is 89.9 Å². The van der Waals surface area contributed by atoms with Gasteiger partial charge in [0.05, 0.1) is 42.8 Å². The van der Waals surface area contributed by atoms with E-state index in [1.807, 2.05) is 0 Å². The Morgan fingerprint density at radius 3 is 2.51 bits per heavy atom. The van der Waals surface area contributed by atoms with Crippen LogP contribution in [-0.4, -0.2) is 63.3 Å². The molecule has 0 amide bonds. The average molecular weight is 751 g/mol. The number of fused-ring (bicyclic) bond motifs is 2. The zero-order valence-corrected chi connectivity index (χ0v) is 29.7. The van der Waals surface area contributed by atoms with Crippen LogP contribution in [0.3, 0.4) is 0 Å². The standard InChI is InChI=1S/C37H34F4N6O5S/c1-45-15-13-34(44-45)53(49,50)46(22-23-4-11-30(51-2)18-33(23)52-3)29-8-5-25-17-32-24(21-43-47(32)28-9-6-27(38)7-10-28)19-36(25,20-29)35(48)31-16-26(12-14-42-31)37(39,40)41/h4,6-7,9-18,21,29H,5,8,19-20,22H2,1-3H3/t29-,36-/m0/s1. The van der Waals surface area contributed by atoms with Crippen molar-refractivity contribution in [1.29, 1.82) is 0 Å². The number of halogens is 4. The van der Waals surface area contributed by atoms with E-state index in [4.69, 9.17) is 9.47 Å². The quantitative estimate of drug-likeness (QED) is 0.118. The van der Waals surface area contributed by atoms with Crippen molar-refractivity contribution in [3.8, 4) is 17.2 Å². The Labute approximate surface area is 302 Å². The summed E-state index contributed by atoms with van der Waals surface area (Å²) in [7, 11) is 0.216. The molecule has 1 fully saturated rings. The molecule has 0 radical (unpaired) electrons. The van der Waals surface area contributed by atoms with Crippen LogP contribution in [0.25, 0.3) is 11.8 Å². The molecule has 5 aromatic rings. The van der Waals surface area contributed by atoms with Crippen LogP contribution in [0.2, 0.25) is 0 Å². The second kappa shape index (κ2) is 13.6. The molecule has 0 spiro atoms. The van der Waals surface area contributed by atoms with Gasteiger partial charge in [-0.25, -0.2) is 17.5 Å². The van der Waals surface area contributed by atoms with Gasteiger partial charge in [0.15, 0.2) is 10.8 Å². The molecule has 3 aromatic heterocycles. The topological polar surface area (TPSA) is 121 Å². The molecule has 2 aromatic carbocycles. The lowest BCUT2D eigenvalue weighted by Crippen LogP contribution is -2.50. The Hall–Kier alpha value is -5.35. The number of methoxy groups -OCH3 is 2. The highest BCUT2D eigenvalue weighted by Gasteiger charge is 2.52. The van der Waals surface area contributed by atoms with Crippen LogP contribution < -0.4 is 9.47 Å². The van der Waals surface area contributed by atoms with Gasteiger partial charge in [0.25, 0.3) is 10.0 Å². The van der Waals surface area contributed by atoms with Crippen molar-refractivity contribution >= 4 is 21.9 Å². The monoisotopic (exact) mass is 750 g/mol. The van der Waals surface area contributed by atoms with Crippen molar-refractivity contribution in [2.75, 3.05) is 14.2 Å². The number of aryl methyl sites for hydroxylation is 1. The summed E-state index contributed by atoms with van der Waals surface area (Å²) in [6, 6.07) is 12.8. The SMILES string of the molecule is COc1ccc(CN([C@H]2CCC3=Cc4c(cnn4-c4ccc(F)cc4)C[C@]3(C(=O)c3cc(C(F)(F)F)ccn3)C2)S(=O)(=O)c2ccn(C)n2)c(OC)c1. The van der Waals surface area contributed by atoms with Gasteiger partial charge in [0.1, 0.15) is 23.0 Å². The van der Waals surface area contributed by atoms with Crippen molar-refractivity contribution in [2.45, 2.75) is 49.5 Å². The largest absolute Gasteiger partial charge is 0.497 e. The van der Waals surface area contributed by atoms with Crippen molar-refractivity contribution in [3.63, 3.8) is 0 Å². The number of alkyl halides is 3. The number of carbonyl (C=O) groups excluding carboxylic acids is 1. The predicted octanol–water partition coefficient (Wildman–Crippen LogP) is 6.43. The predicted molar refractivity (Wildman–Crippen MR) is 184 cm³/mol. The van der Waals surface area contributed by atoms with Crippen LogP contribution in [0.1, 0.15) is 52.1 Å². The number of aromatic nitrogens is 5. The lowest BCUT2D eigenvalue weighted by atomic mass is 9.60. The van der Waals surface area contributed by atoms with Gasteiger partial charge in [-0.2, -0.15) is 27.7 Å². The maximum absolute atomic E-state index is 14.8. The van der Waals surface area contributed by atoms with E-state index in [2.05, 4.69) is 15.2 Å². The van der Waals surface area contributed by atoms with Crippen molar-refractivity contribution in [2.24, 2.45) is 12.5 Å². The van der Waals surface area contributed by atoms with E-state index >= 15 is 0 Å². The third-order valence-electron chi connectivity index (χ3n) is 9.95. The molecule has 16 heteroatoms. The van der Waals surface area contributed by atoms with Gasteiger partial charge < -0.3 is 9.47 Å². The molecule has 276 valence electrons. The highest BCUT2D eigenvalue weighted by atomic mass is 32.2. The smallest absolute Gasteiger partial charge is 0.416 e. The Morgan fingerprint density at radius 2 is 1.83 bits per heavy atom. The first-order valence-corrected chi connectivity index (χ1v) is 18.0. The summed E-state index contributed by atoms with van der Waals surface area (Å²) in [4.78, 5) is 18.9. The van der Waals surface area contributed by atoms with E-state index < -0.39 is 50.5 Å². The molecule has 2 aliphatic rings. The number of carbonyl (C=O) groups is 1. The molecule has 0 bridgehead atoms. The summed E-state index contributed by atoms with van der Waals surface area (Å²) in [6.45, 7) is -0.171. The van der Waals surface area contributed by atoms with E-state index in [0.29, 0.717) is 39.6 Å². The van der Waals surface area contributed by atoms with Crippen LogP contribution in [0.5, 0.6) is 11.5 Å². The second-order valence-electron chi connectivity index (χ2n) is 13.1. The minimum absolute atomic E-state index is 0.00590. The van der Waals surface area contributed by atoms with E-state index in [0.717, 1.165) is 18.3 Å². The fraction of sp³-hybridized carbons (Fsp3) is 0.297.